The zero-order valence-electron chi connectivity index (χ0n) is 11.2. The van der Waals surface area contributed by atoms with Crippen LogP contribution >= 0.6 is 0 Å². The van der Waals surface area contributed by atoms with Gasteiger partial charge in [0.05, 0.1) is 12.3 Å². The van der Waals surface area contributed by atoms with E-state index < -0.39 is 6.09 Å². The molecule has 1 unspecified atom stereocenters. The molecule has 1 aliphatic rings. The van der Waals surface area contributed by atoms with Crippen molar-refractivity contribution < 1.29 is 15.0 Å². The average Bonchev–Trinajstić information content (AvgIpc) is 2.94. The Morgan fingerprint density at radius 1 is 1.10 bits per heavy atom. The summed E-state index contributed by atoms with van der Waals surface area (Å²) in [6.45, 7) is 0.301. The van der Waals surface area contributed by atoms with Crippen molar-refractivity contribution in [1.82, 2.24) is 5.01 Å². The smallest absolute Gasteiger partial charge is 0.427 e. The first-order valence-corrected chi connectivity index (χ1v) is 6.58. The van der Waals surface area contributed by atoms with Crippen LogP contribution in [0, 0.1) is 0 Å². The summed E-state index contributed by atoms with van der Waals surface area (Å²) >= 11 is 0. The summed E-state index contributed by atoms with van der Waals surface area (Å²) in [5.74, 6) is 0.0653. The second-order valence-electron chi connectivity index (χ2n) is 4.86. The van der Waals surface area contributed by atoms with Gasteiger partial charge in [0, 0.05) is 5.92 Å². The maximum atomic E-state index is 11.2. The van der Waals surface area contributed by atoms with Crippen molar-refractivity contribution in [1.29, 1.82) is 0 Å². The van der Waals surface area contributed by atoms with Crippen molar-refractivity contribution in [2.24, 2.45) is 5.10 Å². The summed E-state index contributed by atoms with van der Waals surface area (Å²) in [6.07, 6.45) is -1.07. The highest BCUT2D eigenvalue weighted by molar-refractivity contribution is 6.07. The molecule has 1 heterocycles. The zero-order valence-corrected chi connectivity index (χ0v) is 11.2. The third-order valence-corrected chi connectivity index (χ3v) is 3.50. The SMILES string of the molecule is O=C(O)N1CC(c2ccccc2)C(c2ccc(O)cc2)=N1. The van der Waals surface area contributed by atoms with Crippen LogP contribution in [0.1, 0.15) is 17.0 Å². The van der Waals surface area contributed by atoms with Crippen molar-refractivity contribution in [3.63, 3.8) is 0 Å². The van der Waals surface area contributed by atoms with Crippen molar-refractivity contribution in [3.8, 4) is 5.75 Å². The van der Waals surface area contributed by atoms with E-state index >= 15 is 0 Å². The highest BCUT2D eigenvalue weighted by Gasteiger charge is 2.31. The first-order chi connectivity index (χ1) is 10.1. The molecule has 1 atom stereocenters. The number of rotatable bonds is 2. The van der Waals surface area contributed by atoms with Gasteiger partial charge in [0.1, 0.15) is 5.75 Å². The summed E-state index contributed by atoms with van der Waals surface area (Å²) in [5, 5.41) is 23.8. The fraction of sp³-hybridized carbons (Fsp3) is 0.125. The van der Waals surface area contributed by atoms with E-state index in [1.165, 1.54) is 0 Å². The first-order valence-electron chi connectivity index (χ1n) is 6.58. The van der Waals surface area contributed by atoms with Gasteiger partial charge in [-0.1, -0.05) is 30.3 Å². The summed E-state index contributed by atoms with van der Waals surface area (Å²) in [4.78, 5) is 11.2. The Balaban J connectivity index is 2.01. The average molecular weight is 282 g/mol. The van der Waals surface area contributed by atoms with E-state index in [4.69, 9.17) is 5.11 Å². The van der Waals surface area contributed by atoms with E-state index in [-0.39, 0.29) is 11.7 Å². The molecule has 1 amide bonds. The molecule has 3 rings (SSSR count). The largest absolute Gasteiger partial charge is 0.508 e. The lowest BCUT2D eigenvalue weighted by molar-refractivity contribution is 0.151. The molecule has 0 radical (unpaired) electrons. The maximum absolute atomic E-state index is 11.2. The molecule has 2 N–H and O–H groups in total. The molecule has 2 aromatic rings. The van der Waals surface area contributed by atoms with Crippen molar-refractivity contribution >= 4 is 11.8 Å². The number of phenolic OH excluding ortho intramolecular Hbond substituents is 1. The third kappa shape index (κ3) is 2.58. The van der Waals surface area contributed by atoms with Crippen LogP contribution in [-0.2, 0) is 0 Å². The van der Waals surface area contributed by atoms with Gasteiger partial charge < -0.3 is 10.2 Å². The topological polar surface area (TPSA) is 73.1 Å². The molecule has 5 nitrogen and oxygen atoms in total. The van der Waals surface area contributed by atoms with Gasteiger partial charge in [-0.25, -0.2) is 4.79 Å². The van der Waals surface area contributed by atoms with Gasteiger partial charge in [0.25, 0.3) is 0 Å². The van der Waals surface area contributed by atoms with Crippen LogP contribution in [0.4, 0.5) is 4.79 Å². The number of hydrogen-bond acceptors (Lipinski definition) is 3. The second-order valence-corrected chi connectivity index (χ2v) is 4.86. The summed E-state index contributed by atoms with van der Waals surface area (Å²) in [5.41, 5.74) is 2.53. The quantitative estimate of drug-likeness (QED) is 0.889. The lowest BCUT2D eigenvalue weighted by atomic mass is 9.91. The molecule has 2 aromatic carbocycles. The highest BCUT2D eigenvalue weighted by atomic mass is 16.4. The van der Waals surface area contributed by atoms with E-state index in [2.05, 4.69) is 5.10 Å². The Bertz CT molecular complexity index is 680. The van der Waals surface area contributed by atoms with Crippen molar-refractivity contribution in [2.45, 2.75) is 5.92 Å². The summed E-state index contributed by atoms with van der Waals surface area (Å²) < 4.78 is 0. The van der Waals surface area contributed by atoms with E-state index in [9.17, 15) is 9.90 Å². The Hall–Kier alpha value is -2.82. The molecular weight excluding hydrogens is 268 g/mol. The Morgan fingerprint density at radius 3 is 2.38 bits per heavy atom. The van der Waals surface area contributed by atoms with Gasteiger partial charge in [-0.05, 0) is 35.4 Å². The van der Waals surface area contributed by atoms with Crippen LogP contribution in [-0.4, -0.2) is 33.6 Å². The number of hydrazone groups is 1. The number of carbonyl (C=O) groups is 1. The number of aromatic hydroxyl groups is 1. The number of phenols is 1. The van der Waals surface area contributed by atoms with Crippen LogP contribution in [0.3, 0.4) is 0 Å². The summed E-state index contributed by atoms with van der Waals surface area (Å²) in [7, 11) is 0. The number of amides is 1. The van der Waals surface area contributed by atoms with Gasteiger partial charge in [-0.3, -0.25) is 0 Å². The Morgan fingerprint density at radius 2 is 1.76 bits per heavy atom. The molecule has 106 valence electrons. The lowest BCUT2D eigenvalue weighted by Crippen LogP contribution is -2.23. The minimum Gasteiger partial charge on any atom is -0.508 e. The molecule has 5 heteroatoms. The molecule has 21 heavy (non-hydrogen) atoms. The van der Waals surface area contributed by atoms with Crippen LogP contribution in [0.15, 0.2) is 59.7 Å². The molecule has 0 bridgehead atoms. The van der Waals surface area contributed by atoms with Crippen LogP contribution in [0.2, 0.25) is 0 Å². The van der Waals surface area contributed by atoms with Gasteiger partial charge in [-0.2, -0.15) is 10.1 Å². The highest BCUT2D eigenvalue weighted by Crippen LogP contribution is 2.29. The molecular formula is C16H14N2O3. The number of nitrogens with zero attached hydrogens (tertiary/aromatic N) is 2. The maximum Gasteiger partial charge on any atom is 0.427 e. The predicted octanol–water partition coefficient (Wildman–Crippen LogP) is 2.87. The minimum atomic E-state index is -1.07. The molecule has 0 fully saturated rings. The number of benzene rings is 2. The third-order valence-electron chi connectivity index (χ3n) is 3.50. The van der Waals surface area contributed by atoms with E-state index in [0.29, 0.717) is 12.3 Å². The van der Waals surface area contributed by atoms with Crippen molar-refractivity contribution in [2.75, 3.05) is 6.54 Å². The fourth-order valence-electron chi connectivity index (χ4n) is 2.46. The number of carboxylic acid groups (broad SMARTS) is 1. The number of hydrogen-bond donors (Lipinski definition) is 2. The molecule has 1 aliphatic heterocycles. The standard InChI is InChI=1S/C16H14N2O3/c19-13-8-6-12(7-9-13)15-14(10-18(17-15)16(20)21)11-4-2-1-3-5-11/h1-9,14,19H,10H2,(H,20,21). The Labute approximate surface area is 121 Å². The molecule has 0 aliphatic carbocycles. The van der Waals surface area contributed by atoms with Crippen LogP contribution in [0.5, 0.6) is 5.75 Å². The molecule has 0 aromatic heterocycles. The molecule has 0 saturated carbocycles. The van der Waals surface area contributed by atoms with E-state index in [1.54, 1.807) is 24.3 Å². The van der Waals surface area contributed by atoms with Gasteiger partial charge >= 0.3 is 6.09 Å². The first kappa shape index (κ1) is 13.2. The molecule has 0 spiro atoms. The van der Waals surface area contributed by atoms with E-state index in [1.807, 2.05) is 30.3 Å². The van der Waals surface area contributed by atoms with Crippen molar-refractivity contribution in [3.05, 3.63) is 65.7 Å². The predicted molar refractivity (Wildman–Crippen MR) is 78.6 cm³/mol. The lowest BCUT2D eigenvalue weighted by Gasteiger charge is -2.13. The van der Waals surface area contributed by atoms with Gasteiger partial charge in [0.2, 0.25) is 0 Å². The minimum absolute atomic E-state index is 0.105. The van der Waals surface area contributed by atoms with E-state index in [0.717, 1.165) is 16.1 Å². The normalized spacial score (nSPS) is 17.6. The zero-order chi connectivity index (χ0) is 14.8. The fourth-order valence-corrected chi connectivity index (χ4v) is 2.46. The second kappa shape index (κ2) is 5.28. The van der Waals surface area contributed by atoms with Crippen LogP contribution in [0.25, 0.3) is 0 Å². The van der Waals surface area contributed by atoms with Crippen LogP contribution < -0.4 is 0 Å². The van der Waals surface area contributed by atoms with Gasteiger partial charge in [-0.15, -0.1) is 0 Å². The van der Waals surface area contributed by atoms with Gasteiger partial charge in [0.15, 0.2) is 0 Å². The molecule has 0 saturated heterocycles. The monoisotopic (exact) mass is 282 g/mol. The Kier molecular flexibility index (Phi) is 3.31. The summed E-state index contributed by atoms with van der Waals surface area (Å²) in [6, 6.07) is 16.3.